The molecule has 290 valence electrons. The average Bonchev–Trinajstić information content (AvgIpc) is 3.65. The van der Waals surface area contributed by atoms with Crippen molar-refractivity contribution in [3.63, 3.8) is 0 Å². The molecule has 1 aliphatic heterocycles. The van der Waals surface area contributed by atoms with E-state index in [4.69, 9.17) is 9.97 Å². The number of aromatic nitrogens is 2. The van der Waals surface area contributed by atoms with Crippen molar-refractivity contribution in [3.05, 3.63) is 253 Å². The molecular weight excluding hydrogens is 769 g/mol. The lowest BCUT2D eigenvalue weighted by Crippen LogP contribution is -2.32. The van der Waals surface area contributed by atoms with Crippen molar-refractivity contribution in [2.24, 2.45) is 0 Å². The Kier molecular flexibility index (Phi) is 8.69. The zero-order chi connectivity index (χ0) is 41.0. The van der Waals surface area contributed by atoms with Gasteiger partial charge in [0.25, 0.3) is 0 Å². The second-order valence-electron chi connectivity index (χ2n) is 16.0. The van der Waals surface area contributed by atoms with E-state index in [9.17, 15) is 0 Å². The molecular formula is C59H38N2S. The molecule has 2 nitrogen and oxygen atoms in total. The maximum absolute atomic E-state index is 5.24. The Balaban J connectivity index is 0.962. The van der Waals surface area contributed by atoms with Crippen molar-refractivity contribution in [1.82, 2.24) is 9.97 Å². The first-order chi connectivity index (χ1) is 30.7. The fourth-order valence-electron chi connectivity index (χ4n) is 9.70. The maximum atomic E-state index is 5.24. The molecule has 0 radical (unpaired) electrons. The first kappa shape index (κ1) is 36.3. The summed E-state index contributed by atoms with van der Waals surface area (Å²) in [5, 5.41) is 0. The fourth-order valence-corrected chi connectivity index (χ4v) is 11.0. The van der Waals surface area contributed by atoms with Gasteiger partial charge in [-0.2, -0.15) is 0 Å². The smallest absolute Gasteiger partial charge is 0.160 e. The van der Waals surface area contributed by atoms with Crippen molar-refractivity contribution in [3.8, 4) is 78.4 Å². The molecule has 0 unspecified atom stereocenters. The molecule has 0 fully saturated rings. The topological polar surface area (TPSA) is 25.8 Å². The van der Waals surface area contributed by atoms with E-state index in [1.807, 2.05) is 11.8 Å². The fraction of sp³-hybridized carbons (Fsp3) is 0.0169. The van der Waals surface area contributed by atoms with E-state index in [0.717, 1.165) is 33.6 Å². The minimum absolute atomic E-state index is 0.413. The van der Waals surface area contributed by atoms with Crippen LogP contribution in [0.3, 0.4) is 0 Å². The summed E-state index contributed by atoms with van der Waals surface area (Å²) < 4.78 is 0. The van der Waals surface area contributed by atoms with Gasteiger partial charge in [-0.15, -0.1) is 0 Å². The lowest BCUT2D eigenvalue weighted by molar-refractivity contribution is 0.723. The number of hydrogen-bond donors (Lipinski definition) is 0. The van der Waals surface area contributed by atoms with Crippen LogP contribution in [0.25, 0.3) is 78.4 Å². The molecule has 0 amide bonds. The lowest BCUT2D eigenvalue weighted by atomic mass is 9.67. The highest BCUT2D eigenvalue weighted by atomic mass is 32.2. The first-order valence-electron chi connectivity index (χ1n) is 21.1. The second-order valence-corrected chi connectivity index (χ2v) is 17.1. The summed E-state index contributed by atoms with van der Waals surface area (Å²) in [4.78, 5) is 13.1. The highest BCUT2D eigenvalue weighted by molar-refractivity contribution is 7.99. The third kappa shape index (κ3) is 5.89. The summed E-state index contributed by atoms with van der Waals surface area (Å²) in [6, 6.07) is 83.2. The van der Waals surface area contributed by atoms with Gasteiger partial charge in [-0.1, -0.05) is 230 Å². The highest BCUT2D eigenvalue weighted by Gasteiger charge is 2.50. The molecule has 0 bridgehead atoms. The van der Waals surface area contributed by atoms with Gasteiger partial charge < -0.3 is 0 Å². The molecule has 9 aromatic carbocycles. The quantitative estimate of drug-likeness (QED) is 0.167. The lowest BCUT2D eigenvalue weighted by Gasteiger charge is -2.40. The Morgan fingerprint density at radius 1 is 0.290 bits per heavy atom. The number of rotatable bonds is 6. The van der Waals surface area contributed by atoms with E-state index >= 15 is 0 Å². The van der Waals surface area contributed by atoms with Gasteiger partial charge in [0.15, 0.2) is 5.82 Å². The number of fused-ring (bicyclic) bond motifs is 9. The predicted octanol–water partition coefficient (Wildman–Crippen LogP) is 15.3. The standard InChI is InChI=1S/C59H38N2S/c1-3-14-39(15-4-1)41-26-32-44(33-27-41)54-38-55(45-34-28-42(29-35-45)40-16-5-2-6-17-40)61-58(60-54)46-36-30-43(31-37-46)47-20-13-24-53-57(47)62-56-25-12-11-23-52(56)59(53)50-21-9-7-18-48(50)49-19-8-10-22-51(49)59/h1-38H. The Bertz CT molecular complexity index is 3140. The predicted molar refractivity (Wildman–Crippen MR) is 256 cm³/mol. The molecule has 62 heavy (non-hydrogen) atoms. The summed E-state index contributed by atoms with van der Waals surface area (Å²) >= 11 is 1.89. The molecule has 3 heteroatoms. The zero-order valence-corrected chi connectivity index (χ0v) is 34.6. The van der Waals surface area contributed by atoms with E-state index in [-0.39, 0.29) is 0 Å². The summed E-state index contributed by atoms with van der Waals surface area (Å²) in [6.45, 7) is 0. The van der Waals surface area contributed by atoms with Crippen LogP contribution in [0.5, 0.6) is 0 Å². The number of nitrogens with zero attached hydrogens (tertiary/aromatic N) is 2. The van der Waals surface area contributed by atoms with Crippen LogP contribution in [-0.4, -0.2) is 9.97 Å². The van der Waals surface area contributed by atoms with Crippen LogP contribution >= 0.6 is 11.8 Å². The van der Waals surface area contributed by atoms with E-state index < -0.39 is 5.41 Å². The summed E-state index contributed by atoms with van der Waals surface area (Å²) in [7, 11) is 0. The first-order valence-corrected chi connectivity index (χ1v) is 22.0. The van der Waals surface area contributed by atoms with E-state index in [0.29, 0.717) is 5.82 Å². The van der Waals surface area contributed by atoms with Crippen molar-refractivity contribution >= 4 is 11.8 Å². The third-order valence-electron chi connectivity index (χ3n) is 12.6. The van der Waals surface area contributed by atoms with Crippen molar-refractivity contribution in [2.75, 3.05) is 0 Å². The molecule has 2 aliphatic rings. The molecule has 1 spiro atoms. The monoisotopic (exact) mass is 806 g/mol. The van der Waals surface area contributed by atoms with Gasteiger partial charge >= 0.3 is 0 Å². The normalized spacial score (nSPS) is 12.9. The molecule has 0 saturated heterocycles. The molecule has 0 N–H and O–H groups in total. The molecule has 0 saturated carbocycles. The van der Waals surface area contributed by atoms with Crippen LogP contribution in [-0.2, 0) is 5.41 Å². The minimum Gasteiger partial charge on any atom is -0.228 e. The Morgan fingerprint density at radius 2 is 0.694 bits per heavy atom. The van der Waals surface area contributed by atoms with Crippen molar-refractivity contribution in [1.29, 1.82) is 0 Å². The van der Waals surface area contributed by atoms with Gasteiger partial charge in [-0.05, 0) is 78.9 Å². The Labute approximate surface area is 366 Å². The highest BCUT2D eigenvalue weighted by Crippen LogP contribution is 2.63. The molecule has 10 aromatic rings. The van der Waals surface area contributed by atoms with Crippen LogP contribution in [0.4, 0.5) is 0 Å². The van der Waals surface area contributed by atoms with Crippen LogP contribution < -0.4 is 0 Å². The summed E-state index contributed by atoms with van der Waals surface area (Å²) in [5.74, 6) is 0.694. The van der Waals surface area contributed by atoms with Gasteiger partial charge in [0.2, 0.25) is 0 Å². The zero-order valence-electron chi connectivity index (χ0n) is 33.7. The molecule has 1 aliphatic carbocycles. The van der Waals surface area contributed by atoms with E-state index in [1.165, 1.54) is 71.0 Å². The van der Waals surface area contributed by atoms with Gasteiger partial charge in [-0.25, -0.2) is 9.97 Å². The summed E-state index contributed by atoms with van der Waals surface area (Å²) in [5.41, 5.74) is 19.5. The number of hydrogen-bond acceptors (Lipinski definition) is 3. The Hall–Kier alpha value is -7.59. The van der Waals surface area contributed by atoms with E-state index in [1.54, 1.807) is 0 Å². The van der Waals surface area contributed by atoms with Gasteiger partial charge in [0, 0.05) is 26.5 Å². The van der Waals surface area contributed by atoms with Gasteiger partial charge in [0.1, 0.15) is 0 Å². The van der Waals surface area contributed by atoms with Crippen LogP contribution in [0, 0.1) is 0 Å². The number of benzene rings is 9. The van der Waals surface area contributed by atoms with E-state index in [2.05, 4.69) is 231 Å². The molecule has 12 rings (SSSR count). The second kappa shape index (κ2) is 14.8. The SMILES string of the molecule is c1ccc(-c2ccc(-c3cc(-c4ccc(-c5ccccc5)cc4)nc(-c4ccc(-c5cccc6c5Sc5ccccc5C65c6ccccc6-c6ccccc65)cc4)n3)cc2)cc1. The summed E-state index contributed by atoms with van der Waals surface area (Å²) in [6.07, 6.45) is 0. The van der Waals surface area contributed by atoms with Crippen molar-refractivity contribution in [2.45, 2.75) is 15.2 Å². The largest absolute Gasteiger partial charge is 0.228 e. The third-order valence-corrected chi connectivity index (χ3v) is 13.9. The molecule has 0 atom stereocenters. The van der Waals surface area contributed by atoms with Crippen LogP contribution in [0.1, 0.15) is 22.3 Å². The molecule has 1 aromatic heterocycles. The average molecular weight is 807 g/mol. The maximum Gasteiger partial charge on any atom is 0.160 e. The van der Waals surface area contributed by atoms with Crippen molar-refractivity contribution < 1.29 is 0 Å². The Morgan fingerprint density at radius 3 is 1.26 bits per heavy atom. The van der Waals surface area contributed by atoms with Gasteiger partial charge in [-0.3, -0.25) is 0 Å². The van der Waals surface area contributed by atoms with Crippen LogP contribution in [0.15, 0.2) is 240 Å². The molecule has 2 heterocycles. The van der Waals surface area contributed by atoms with Gasteiger partial charge in [0.05, 0.1) is 16.8 Å². The minimum atomic E-state index is -0.413. The van der Waals surface area contributed by atoms with Crippen LogP contribution in [0.2, 0.25) is 0 Å².